The maximum Gasteiger partial charge on any atom is 0.366 e. The molecular formula is C10H18N4O2S. The fourth-order valence-corrected chi connectivity index (χ4v) is 3.14. The Morgan fingerprint density at radius 2 is 1.35 bits per heavy atom. The van der Waals surface area contributed by atoms with Crippen molar-refractivity contribution in [3.63, 3.8) is 0 Å². The first-order chi connectivity index (χ1) is 7.98. The van der Waals surface area contributed by atoms with Crippen LogP contribution in [0.25, 0.3) is 0 Å². The predicted molar refractivity (Wildman–Crippen MR) is 67.5 cm³/mol. The lowest BCUT2D eigenvalue weighted by Crippen LogP contribution is -2.22. The molecule has 0 saturated carbocycles. The van der Waals surface area contributed by atoms with Crippen LogP contribution in [0.4, 0.5) is 0 Å². The van der Waals surface area contributed by atoms with Crippen molar-refractivity contribution >= 4 is 21.9 Å². The van der Waals surface area contributed by atoms with E-state index in [9.17, 15) is 8.42 Å². The Morgan fingerprint density at radius 3 is 1.65 bits per heavy atom. The van der Waals surface area contributed by atoms with Crippen LogP contribution in [0.2, 0.25) is 0 Å². The van der Waals surface area contributed by atoms with Gasteiger partial charge in [-0.25, -0.2) is 0 Å². The van der Waals surface area contributed by atoms with E-state index in [4.69, 9.17) is 0 Å². The molecule has 0 aromatic rings. The molecule has 0 aliphatic carbocycles. The van der Waals surface area contributed by atoms with Crippen molar-refractivity contribution in [1.29, 1.82) is 0 Å². The van der Waals surface area contributed by atoms with Gasteiger partial charge in [0.2, 0.25) is 0 Å². The maximum atomic E-state index is 11.8. The van der Waals surface area contributed by atoms with E-state index < -0.39 is 10.2 Å². The molecule has 0 spiro atoms. The van der Waals surface area contributed by atoms with E-state index in [1.54, 1.807) is 0 Å². The van der Waals surface area contributed by atoms with Gasteiger partial charge in [-0.1, -0.05) is 0 Å². The van der Waals surface area contributed by atoms with Gasteiger partial charge in [-0.2, -0.15) is 8.42 Å². The summed E-state index contributed by atoms with van der Waals surface area (Å²) >= 11 is 0. The van der Waals surface area contributed by atoms with Crippen LogP contribution in [0, 0.1) is 0 Å². The zero-order valence-electron chi connectivity index (χ0n) is 10.3. The first kappa shape index (κ1) is 12.3. The highest BCUT2D eigenvalue weighted by molar-refractivity contribution is 7.89. The lowest BCUT2D eigenvalue weighted by atomic mass is 10.4. The number of hydrogen-bond donors (Lipinski definition) is 0. The molecular weight excluding hydrogens is 240 g/mol. The normalized spacial score (nSPS) is 26.5. The zero-order valence-corrected chi connectivity index (χ0v) is 11.1. The third-order valence-electron chi connectivity index (χ3n) is 3.11. The molecule has 0 aromatic carbocycles. The number of rotatable bonds is 2. The molecule has 2 aliphatic heterocycles. The average molecular weight is 258 g/mol. The van der Waals surface area contributed by atoms with Crippen LogP contribution in [-0.4, -0.2) is 57.1 Å². The van der Waals surface area contributed by atoms with E-state index in [0.717, 1.165) is 38.8 Å². The predicted octanol–water partition coefficient (Wildman–Crippen LogP) is 0.479. The highest BCUT2D eigenvalue weighted by atomic mass is 32.2. The van der Waals surface area contributed by atoms with E-state index in [0.29, 0.717) is 11.7 Å². The topological polar surface area (TPSA) is 65.3 Å². The molecule has 7 heteroatoms. The Morgan fingerprint density at radius 1 is 0.941 bits per heavy atom. The van der Waals surface area contributed by atoms with Gasteiger partial charge in [0, 0.05) is 40.0 Å². The molecule has 96 valence electrons. The summed E-state index contributed by atoms with van der Waals surface area (Å²) in [5, 5.41) is 0. The van der Waals surface area contributed by atoms with Crippen LogP contribution in [0.5, 0.6) is 0 Å². The minimum absolute atomic E-state index is 0.620. The first-order valence-corrected chi connectivity index (χ1v) is 7.22. The second-order valence-corrected chi connectivity index (χ2v) is 5.77. The highest BCUT2D eigenvalue weighted by Crippen LogP contribution is 2.14. The fraction of sp³-hybridized carbons (Fsp3) is 0.800. The number of likely N-dealkylation sites (tertiary alicyclic amines) is 2. The summed E-state index contributed by atoms with van der Waals surface area (Å²) in [6.07, 6.45) is 3.36. The van der Waals surface area contributed by atoms with Crippen molar-refractivity contribution in [1.82, 2.24) is 9.80 Å². The molecule has 0 N–H and O–H groups in total. The molecule has 0 atom stereocenters. The van der Waals surface area contributed by atoms with Crippen molar-refractivity contribution < 1.29 is 8.42 Å². The molecule has 0 bridgehead atoms. The third-order valence-corrected chi connectivity index (χ3v) is 3.99. The van der Waals surface area contributed by atoms with Crippen molar-refractivity contribution in [3.8, 4) is 0 Å². The Balaban J connectivity index is 2.20. The minimum Gasteiger partial charge on any atom is -0.362 e. The maximum absolute atomic E-state index is 11.8. The summed E-state index contributed by atoms with van der Waals surface area (Å²) in [5.41, 5.74) is 0. The summed E-state index contributed by atoms with van der Waals surface area (Å²) in [7, 11) is -0.00700. The summed E-state index contributed by atoms with van der Waals surface area (Å²) in [4.78, 5) is 3.74. The highest BCUT2D eigenvalue weighted by Gasteiger charge is 2.21. The SMILES string of the molecule is CN1CCC/C1=N\S(=O)(=O)/N=C1\CCCN1C. The van der Waals surface area contributed by atoms with Gasteiger partial charge in [-0.3, -0.25) is 0 Å². The molecule has 2 saturated heterocycles. The van der Waals surface area contributed by atoms with Gasteiger partial charge >= 0.3 is 10.2 Å². The van der Waals surface area contributed by atoms with Gasteiger partial charge in [0.25, 0.3) is 0 Å². The van der Waals surface area contributed by atoms with E-state index in [2.05, 4.69) is 8.80 Å². The Kier molecular flexibility index (Phi) is 3.37. The first-order valence-electron chi connectivity index (χ1n) is 5.83. The second kappa shape index (κ2) is 4.64. The largest absolute Gasteiger partial charge is 0.366 e. The van der Waals surface area contributed by atoms with E-state index >= 15 is 0 Å². The van der Waals surface area contributed by atoms with Gasteiger partial charge in [0.1, 0.15) is 11.7 Å². The minimum atomic E-state index is -3.72. The third kappa shape index (κ3) is 2.96. The second-order valence-electron chi connectivity index (χ2n) is 4.51. The Bertz CT molecular complexity index is 419. The molecule has 0 unspecified atom stereocenters. The van der Waals surface area contributed by atoms with Crippen molar-refractivity contribution in [3.05, 3.63) is 0 Å². The smallest absolute Gasteiger partial charge is 0.362 e. The number of nitrogens with zero attached hydrogens (tertiary/aromatic N) is 4. The Hall–Kier alpha value is -1.11. The quantitative estimate of drug-likeness (QED) is 0.722. The molecule has 2 aliphatic rings. The summed E-state index contributed by atoms with van der Waals surface area (Å²) in [6, 6.07) is 0. The van der Waals surface area contributed by atoms with Crippen LogP contribution in [-0.2, 0) is 10.2 Å². The van der Waals surface area contributed by atoms with Crippen LogP contribution in [0.1, 0.15) is 25.7 Å². The van der Waals surface area contributed by atoms with Crippen molar-refractivity contribution in [2.45, 2.75) is 25.7 Å². The molecule has 6 nitrogen and oxygen atoms in total. The van der Waals surface area contributed by atoms with Crippen molar-refractivity contribution in [2.24, 2.45) is 8.80 Å². The molecule has 2 rings (SSSR count). The molecule has 0 aromatic heterocycles. The van der Waals surface area contributed by atoms with E-state index in [1.165, 1.54) is 0 Å². The Labute approximate surface area is 102 Å². The van der Waals surface area contributed by atoms with Gasteiger partial charge < -0.3 is 9.80 Å². The van der Waals surface area contributed by atoms with Gasteiger partial charge in [-0.15, -0.1) is 8.80 Å². The van der Waals surface area contributed by atoms with Gasteiger partial charge in [-0.05, 0) is 12.8 Å². The zero-order chi connectivity index (χ0) is 12.5. The molecule has 2 fully saturated rings. The van der Waals surface area contributed by atoms with E-state index in [1.807, 2.05) is 23.9 Å². The van der Waals surface area contributed by atoms with Crippen LogP contribution < -0.4 is 0 Å². The fourth-order valence-electron chi connectivity index (χ4n) is 2.11. The van der Waals surface area contributed by atoms with Crippen molar-refractivity contribution in [2.75, 3.05) is 27.2 Å². The monoisotopic (exact) mass is 258 g/mol. The number of hydrogen-bond acceptors (Lipinski definition) is 2. The van der Waals surface area contributed by atoms with Crippen LogP contribution in [0.3, 0.4) is 0 Å². The lowest BCUT2D eigenvalue weighted by Gasteiger charge is -2.11. The standard InChI is InChI=1S/C10H18N4O2S/c1-13-7-3-5-9(13)11-17(15,16)12-10-6-4-8-14(10)2/h3-8H2,1-2H3/b11-9+,12-10+. The van der Waals surface area contributed by atoms with Crippen LogP contribution >= 0.6 is 0 Å². The lowest BCUT2D eigenvalue weighted by molar-refractivity contribution is 0.546. The summed E-state index contributed by atoms with van der Waals surface area (Å²) in [6.45, 7) is 1.73. The summed E-state index contributed by atoms with van der Waals surface area (Å²) in [5.74, 6) is 1.24. The average Bonchev–Trinajstić information content (AvgIpc) is 2.78. The number of amidine groups is 2. The molecule has 2 heterocycles. The van der Waals surface area contributed by atoms with Gasteiger partial charge in [0.15, 0.2) is 0 Å². The summed E-state index contributed by atoms with van der Waals surface area (Å²) < 4.78 is 31.2. The van der Waals surface area contributed by atoms with E-state index in [-0.39, 0.29) is 0 Å². The molecule has 0 radical (unpaired) electrons. The van der Waals surface area contributed by atoms with Crippen LogP contribution in [0.15, 0.2) is 8.80 Å². The molecule has 0 amide bonds. The van der Waals surface area contributed by atoms with Gasteiger partial charge in [0.05, 0.1) is 0 Å². The molecule has 17 heavy (non-hydrogen) atoms.